The van der Waals surface area contributed by atoms with Crippen LogP contribution in [0, 0.1) is 0 Å². The van der Waals surface area contributed by atoms with Crippen molar-refractivity contribution >= 4 is 22.1 Å². The maximum absolute atomic E-state index is 12.5. The Hall–Kier alpha value is -2.85. The van der Waals surface area contributed by atoms with Crippen LogP contribution in [0.2, 0.25) is 0 Å². The van der Waals surface area contributed by atoms with Crippen LogP contribution in [-0.2, 0) is 10.0 Å². The Morgan fingerprint density at radius 1 is 1.07 bits per heavy atom. The number of hydrogen-bond donors (Lipinski definition) is 1. The van der Waals surface area contributed by atoms with E-state index in [0.29, 0.717) is 41.7 Å². The third-order valence-corrected chi connectivity index (χ3v) is 6.19. The molecule has 0 aliphatic heterocycles. The molecule has 29 heavy (non-hydrogen) atoms. The summed E-state index contributed by atoms with van der Waals surface area (Å²) in [7, 11) is 1.07. The lowest BCUT2D eigenvalue weighted by molar-refractivity contribution is 0.324. The zero-order chi connectivity index (χ0) is 21.4. The Bertz CT molecular complexity index is 917. The normalized spacial score (nSPS) is 11.7. The molecule has 10 heteroatoms. The van der Waals surface area contributed by atoms with Gasteiger partial charge in [-0.15, -0.1) is 0 Å². The highest BCUT2D eigenvalue weighted by atomic mass is 32.2. The van der Waals surface area contributed by atoms with E-state index in [1.807, 2.05) is 0 Å². The van der Waals surface area contributed by atoms with E-state index in [1.54, 1.807) is 38.3 Å². The quantitative estimate of drug-likeness (QED) is 0.464. The predicted octanol–water partition coefficient (Wildman–Crippen LogP) is 2.58. The van der Waals surface area contributed by atoms with Gasteiger partial charge in [0.1, 0.15) is 10.7 Å². The van der Waals surface area contributed by atoms with Gasteiger partial charge in [-0.1, -0.05) is 13.8 Å². The van der Waals surface area contributed by atoms with E-state index >= 15 is 0 Å². The lowest BCUT2D eigenvalue weighted by Gasteiger charge is -2.18. The standard InChI is InChI=1S/C19H26N4O5S/c1-6-23(7-2)29(24,25)15-8-9-18(20-13-15)22-21-12-14-10-16(26-3)19(28-5)17(11-14)27-4/h8-13H,6-7H2,1-5H3,(H,20,22)/b21-12+. The van der Waals surface area contributed by atoms with Gasteiger partial charge in [0.25, 0.3) is 0 Å². The first-order chi connectivity index (χ1) is 13.9. The molecule has 1 aromatic carbocycles. The highest BCUT2D eigenvalue weighted by Gasteiger charge is 2.21. The Morgan fingerprint density at radius 2 is 1.69 bits per heavy atom. The number of aromatic nitrogens is 1. The van der Waals surface area contributed by atoms with Crippen molar-refractivity contribution in [3.8, 4) is 17.2 Å². The van der Waals surface area contributed by atoms with E-state index in [0.717, 1.165) is 0 Å². The third-order valence-electron chi connectivity index (χ3n) is 4.16. The van der Waals surface area contributed by atoms with E-state index in [9.17, 15) is 8.42 Å². The summed E-state index contributed by atoms with van der Waals surface area (Å²) in [6.07, 6.45) is 2.87. The van der Waals surface area contributed by atoms with Crippen molar-refractivity contribution in [3.05, 3.63) is 36.0 Å². The zero-order valence-electron chi connectivity index (χ0n) is 17.2. The second kappa shape index (κ2) is 10.1. The number of hydrogen-bond acceptors (Lipinski definition) is 8. The third kappa shape index (κ3) is 5.15. The van der Waals surface area contributed by atoms with Crippen LogP contribution in [0.25, 0.3) is 0 Å². The molecule has 0 saturated carbocycles. The van der Waals surface area contributed by atoms with Gasteiger partial charge in [-0.25, -0.2) is 13.4 Å². The van der Waals surface area contributed by atoms with Crippen LogP contribution in [0.3, 0.4) is 0 Å². The molecule has 158 valence electrons. The summed E-state index contributed by atoms with van der Waals surface area (Å²) < 4.78 is 42.2. The first kappa shape index (κ1) is 22.4. The number of nitrogens with zero attached hydrogens (tertiary/aromatic N) is 3. The van der Waals surface area contributed by atoms with Crippen LogP contribution >= 0.6 is 0 Å². The number of rotatable bonds is 10. The van der Waals surface area contributed by atoms with Gasteiger partial charge >= 0.3 is 0 Å². The predicted molar refractivity (Wildman–Crippen MR) is 112 cm³/mol. The molecule has 0 atom stereocenters. The van der Waals surface area contributed by atoms with Crippen LogP contribution in [0.4, 0.5) is 5.82 Å². The first-order valence-corrected chi connectivity index (χ1v) is 10.4. The fraction of sp³-hybridized carbons (Fsp3) is 0.368. The van der Waals surface area contributed by atoms with Crippen LogP contribution < -0.4 is 19.6 Å². The molecule has 1 heterocycles. The van der Waals surface area contributed by atoms with Gasteiger partial charge in [-0.2, -0.15) is 9.41 Å². The molecule has 0 spiro atoms. The van der Waals surface area contributed by atoms with Crippen molar-refractivity contribution in [2.24, 2.45) is 5.10 Å². The number of pyridine rings is 1. The molecule has 0 radical (unpaired) electrons. The number of methoxy groups -OCH3 is 3. The van der Waals surface area contributed by atoms with Gasteiger partial charge < -0.3 is 14.2 Å². The summed E-state index contributed by atoms with van der Waals surface area (Å²) in [5, 5.41) is 4.13. The molecular formula is C19H26N4O5S. The van der Waals surface area contributed by atoms with Crippen LogP contribution in [0.5, 0.6) is 17.2 Å². The van der Waals surface area contributed by atoms with E-state index < -0.39 is 10.0 Å². The minimum atomic E-state index is -3.54. The number of sulfonamides is 1. The molecule has 1 aromatic heterocycles. The largest absolute Gasteiger partial charge is 0.493 e. The van der Waals surface area contributed by atoms with E-state index in [2.05, 4.69) is 15.5 Å². The van der Waals surface area contributed by atoms with Crippen molar-refractivity contribution in [1.29, 1.82) is 0 Å². The maximum atomic E-state index is 12.5. The number of anilines is 1. The first-order valence-electron chi connectivity index (χ1n) is 8.96. The highest BCUT2D eigenvalue weighted by Crippen LogP contribution is 2.37. The summed E-state index contributed by atoms with van der Waals surface area (Å²) in [5.41, 5.74) is 3.49. The topological polar surface area (TPSA) is 102 Å². The fourth-order valence-corrected chi connectivity index (χ4v) is 4.06. The van der Waals surface area contributed by atoms with Gasteiger partial charge in [0.2, 0.25) is 15.8 Å². The van der Waals surface area contributed by atoms with E-state index in [4.69, 9.17) is 14.2 Å². The molecule has 9 nitrogen and oxygen atoms in total. The van der Waals surface area contributed by atoms with Gasteiger partial charge in [0.05, 0.1) is 27.5 Å². The summed E-state index contributed by atoms with van der Waals surface area (Å²) in [4.78, 5) is 4.26. The Kier molecular flexibility index (Phi) is 7.80. The molecule has 0 fully saturated rings. The minimum Gasteiger partial charge on any atom is -0.493 e. The van der Waals surface area contributed by atoms with Crippen molar-refractivity contribution in [1.82, 2.24) is 9.29 Å². The second-order valence-electron chi connectivity index (χ2n) is 5.80. The smallest absolute Gasteiger partial charge is 0.244 e. The number of ether oxygens (including phenoxy) is 3. The Morgan fingerprint density at radius 3 is 2.14 bits per heavy atom. The molecule has 2 rings (SSSR count). The second-order valence-corrected chi connectivity index (χ2v) is 7.74. The SMILES string of the molecule is CCN(CC)S(=O)(=O)c1ccc(N/N=C/c2cc(OC)c(OC)c(OC)c2)nc1. The molecule has 0 saturated heterocycles. The molecule has 0 aliphatic carbocycles. The minimum absolute atomic E-state index is 0.139. The summed E-state index contributed by atoms with van der Waals surface area (Å²) >= 11 is 0. The lowest BCUT2D eigenvalue weighted by atomic mass is 10.2. The average molecular weight is 423 g/mol. The number of benzene rings is 1. The van der Waals surface area contributed by atoms with Gasteiger partial charge in [0, 0.05) is 24.8 Å². The average Bonchev–Trinajstić information content (AvgIpc) is 2.74. The lowest BCUT2D eigenvalue weighted by Crippen LogP contribution is -2.30. The summed E-state index contributed by atoms with van der Waals surface area (Å²) in [6, 6.07) is 6.56. The monoisotopic (exact) mass is 422 g/mol. The van der Waals surface area contributed by atoms with Crippen molar-refractivity contribution in [2.45, 2.75) is 18.7 Å². The van der Waals surface area contributed by atoms with Crippen molar-refractivity contribution < 1.29 is 22.6 Å². The van der Waals surface area contributed by atoms with Crippen molar-refractivity contribution in [3.63, 3.8) is 0 Å². The Labute approximate surface area is 171 Å². The molecule has 0 unspecified atom stereocenters. The van der Waals surface area contributed by atoms with Crippen LogP contribution in [0.1, 0.15) is 19.4 Å². The summed E-state index contributed by atoms with van der Waals surface area (Å²) in [6.45, 7) is 4.39. The van der Waals surface area contributed by atoms with Gasteiger partial charge in [-0.05, 0) is 24.3 Å². The van der Waals surface area contributed by atoms with Crippen molar-refractivity contribution in [2.75, 3.05) is 39.8 Å². The van der Waals surface area contributed by atoms with Crippen LogP contribution in [-0.4, -0.2) is 58.3 Å². The molecule has 0 aliphatic rings. The van der Waals surface area contributed by atoms with Crippen LogP contribution in [0.15, 0.2) is 40.5 Å². The number of hydrazone groups is 1. The number of nitrogens with one attached hydrogen (secondary N) is 1. The molecule has 1 N–H and O–H groups in total. The Balaban J connectivity index is 2.15. The van der Waals surface area contributed by atoms with Gasteiger partial charge in [-0.3, -0.25) is 5.43 Å². The zero-order valence-corrected chi connectivity index (χ0v) is 18.0. The maximum Gasteiger partial charge on any atom is 0.244 e. The molecule has 0 amide bonds. The van der Waals surface area contributed by atoms with E-state index in [-0.39, 0.29) is 4.90 Å². The van der Waals surface area contributed by atoms with E-state index in [1.165, 1.54) is 37.9 Å². The molecule has 0 bridgehead atoms. The fourth-order valence-electron chi connectivity index (χ4n) is 2.66. The highest BCUT2D eigenvalue weighted by molar-refractivity contribution is 7.89. The van der Waals surface area contributed by atoms with Gasteiger partial charge in [0.15, 0.2) is 11.5 Å². The molecule has 2 aromatic rings. The summed E-state index contributed by atoms with van der Waals surface area (Å²) in [5.74, 6) is 1.92. The molecular weight excluding hydrogens is 396 g/mol.